The van der Waals surface area contributed by atoms with Crippen LogP contribution in [-0.4, -0.2) is 24.1 Å². The monoisotopic (exact) mass is 484 g/mol. The number of hydrogen-bond donors (Lipinski definition) is 2. The molecule has 1 amide bonds. The molecule has 10 heteroatoms. The van der Waals surface area contributed by atoms with Crippen molar-refractivity contribution in [2.45, 2.75) is 11.8 Å². The largest absolute Gasteiger partial charge is 0.321 e. The summed E-state index contributed by atoms with van der Waals surface area (Å²) in [7, 11) is -3.97. The number of carbonyl (C=O) groups excluding carboxylic acids is 1. The van der Waals surface area contributed by atoms with Gasteiger partial charge in [-0.1, -0.05) is 35.9 Å². The van der Waals surface area contributed by atoms with Crippen LogP contribution in [0.1, 0.15) is 16.1 Å². The molecule has 4 aromatic rings. The lowest BCUT2D eigenvalue weighted by molar-refractivity contribution is 0.102. The van der Waals surface area contributed by atoms with E-state index in [1.807, 2.05) is 0 Å². The van der Waals surface area contributed by atoms with Gasteiger partial charge in [0.1, 0.15) is 5.82 Å². The van der Waals surface area contributed by atoms with Crippen molar-refractivity contribution in [3.8, 4) is 5.69 Å². The maximum Gasteiger partial charge on any atom is 0.276 e. The van der Waals surface area contributed by atoms with Gasteiger partial charge in [0.05, 0.1) is 21.3 Å². The first-order valence-electron chi connectivity index (χ1n) is 9.74. The third-order valence-corrected chi connectivity index (χ3v) is 6.59. The Bertz CT molecular complexity index is 1450. The fourth-order valence-electron chi connectivity index (χ4n) is 3.11. The molecule has 2 N–H and O–H groups in total. The molecule has 1 heterocycles. The van der Waals surface area contributed by atoms with Gasteiger partial charge in [0.25, 0.3) is 15.9 Å². The van der Waals surface area contributed by atoms with Gasteiger partial charge in [-0.3, -0.25) is 9.52 Å². The van der Waals surface area contributed by atoms with E-state index in [4.69, 9.17) is 11.6 Å². The van der Waals surface area contributed by atoms with E-state index < -0.39 is 21.7 Å². The molecule has 7 nitrogen and oxygen atoms in total. The van der Waals surface area contributed by atoms with Gasteiger partial charge in [0.2, 0.25) is 0 Å². The number of carbonyl (C=O) groups is 1. The number of amides is 1. The second-order valence-corrected chi connectivity index (χ2v) is 9.20. The molecule has 33 heavy (non-hydrogen) atoms. The lowest BCUT2D eigenvalue weighted by Crippen LogP contribution is -2.17. The Hall–Kier alpha value is -3.69. The summed E-state index contributed by atoms with van der Waals surface area (Å²) in [6.07, 6.45) is 1.53. The first-order chi connectivity index (χ1) is 15.7. The summed E-state index contributed by atoms with van der Waals surface area (Å²) in [5.74, 6) is -0.968. The molecule has 0 bridgehead atoms. The van der Waals surface area contributed by atoms with E-state index in [1.165, 1.54) is 41.2 Å². The number of rotatable bonds is 6. The summed E-state index contributed by atoms with van der Waals surface area (Å²) < 4.78 is 43.2. The molecule has 0 atom stereocenters. The molecule has 3 aromatic carbocycles. The van der Waals surface area contributed by atoms with E-state index in [0.29, 0.717) is 11.3 Å². The minimum Gasteiger partial charge on any atom is -0.321 e. The highest BCUT2D eigenvalue weighted by Crippen LogP contribution is 2.27. The van der Waals surface area contributed by atoms with Crippen molar-refractivity contribution in [2.24, 2.45) is 0 Å². The number of sulfonamides is 1. The maximum absolute atomic E-state index is 13.5. The van der Waals surface area contributed by atoms with E-state index >= 15 is 0 Å². The third-order valence-electron chi connectivity index (χ3n) is 4.75. The van der Waals surface area contributed by atoms with Gasteiger partial charge < -0.3 is 5.32 Å². The fourth-order valence-corrected chi connectivity index (χ4v) is 4.70. The molecule has 0 aliphatic heterocycles. The van der Waals surface area contributed by atoms with Crippen molar-refractivity contribution in [3.63, 3.8) is 0 Å². The van der Waals surface area contributed by atoms with E-state index in [2.05, 4.69) is 15.1 Å². The minimum atomic E-state index is -3.97. The molecule has 0 aliphatic carbocycles. The van der Waals surface area contributed by atoms with Crippen LogP contribution in [0.15, 0.2) is 83.9 Å². The molecule has 0 saturated heterocycles. The zero-order valence-corrected chi connectivity index (χ0v) is 18.9. The van der Waals surface area contributed by atoms with E-state index in [1.54, 1.807) is 49.4 Å². The maximum atomic E-state index is 13.5. The molecule has 168 valence electrons. The zero-order valence-electron chi connectivity index (χ0n) is 17.3. The Labute approximate surface area is 194 Å². The summed E-state index contributed by atoms with van der Waals surface area (Å²) in [4.78, 5) is 12.7. The Morgan fingerprint density at radius 3 is 2.58 bits per heavy atom. The summed E-state index contributed by atoms with van der Waals surface area (Å²) >= 11 is 6.07. The van der Waals surface area contributed by atoms with Gasteiger partial charge in [-0.05, 0) is 61.0 Å². The second-order valence-electron chi connectivity index (χ2n) is 7.15. The molecule has 4 rings (SSSR count). The summed E-state index contributed by atoms with van der Waals surface area (Å²) in [5.41, 5.74) is 1.55. The van der Waals surface area contributed by atoms with Gasteiger partial charge >= 0.3 is 0 Å². The Morgan fingerprint density at radius 1 is 1.03 bits per heavy atom. The number of hydrogen-bond acceptors (Lipinski definition) is 4. The summed E-state index contributed by atoms with van der Waals surface area (Å²) in [6.45, 7) is 1.65. The van der Waals surface area contributed by atoms with Gasteiger partial charge in [-0.2, -0.15) is 5.10 Å². The SMILES string of the molecule is Cc1ccc(NC(=O)c2ccn(-c3cccc(F)c3)n2)cc1S(=O)(=O)Nc1ccccc1Cl. The average molecular weight is 485 g/mol. The normalized spacial score (nSPS) is 11.2. The van der Waals surface area contributed by atoms with Crippen LogP contribution in [0.5, 0.6) is 0 Å². The van der Waals surface area contributed by atoms with Gasteiger partial charge in [-0.25, -0.2) is 17.5 Å². The number of nitrogens with one attached hydrogen (secondary N) is 2. The van der Waals surface area contributed by atoms with Crippen molar-refractivity contribution in [3.05, 3.63) is 101 Å². The molecule has 0 spiro atoms. The molecule has 0 saturated carbocycles. The average Bonchev–Trinajstić information content (AvgIpc) is 3.27. The predicted molar refractivity (Wildman–Crippen MR) is 125 cm³/mol. The number of aryl methyl sites for hydroxylation is 1. The number of anilines is 2. The van der Waals surface area contributed by atoms with Crippen LogP contribution >= 0.6 is 11.6 Å². The fraction of sp³-hybridized carbons (Fsp3) is 0.0435. The first kappa shape index (κ1) is 22.5. The van der Waals surface area contributed by atoms with Crippen molar-refractivity contribution in [1.82, 2.24) is 9.78 Å². The topological polar surface area (TPSA) is 93.1 Å². The number of halogens is 2. The van der Waals surface area contributed by atoms with Crippen LogP contribution in [-0.2, 0) is 10.0 Å². The standard InChI is InChI=1S/C23H18ClFN4O3S/c1-15-9-10-17(14-22(15)33(31,32)28-20-8-3-2-7-19(20)24)26-23(30)21-11-12-29(27-21)18-6-4-5-16(25)13-18/h2-14,28H,1H3,(H,26,30). The Kier molecular flexibility index (Phi) is 6.17. The summed E-state index contributed by atoms with van der Waals surface area (Å²) in [6, 6.07) is 18.3. The molecule has 0 unspecified atom stereocenters. The van der Waals surface area contributed by atoms with Crippen LogP contribution in [0.3, 0.4) is 0 Å². The van der Waals surface area contributed by atoms with Crippen LogP contribution in [0.4, 0.5) is 15.8 Å². The Balaban J connectivity index is 1.56. The first-order valence-corrected chi connectivity index (χ1v) is 11.6. The Morgan fingerprint density at radius 2 is 1.82 bits per heavy atom. The number of para-hydroxylation sites is 1. The van der Waals surface area contributed by atoms with Gasteiger partial charge in [0.15, 0.2) is 5.69 Å². The predicted octanol–water partition coefficient (Wildman–Crippen LogP) is 5.03. The number of benzene rings is 3. The molecule has 0 aliphatic rings. The third kappa shape index (κ3) is 5.05. The van der Waals surface area contributed by atoms with Crippen LogP contribution in [0.2, 0.25) is 5.02 Å². The highest BCUT2D eigenvalue weighted by atomic mass is 35.5. The van der Waals surface area contributed by atoms with Crippen molar-refractivity contribution < 1.29 is 17.6 Å². The quantitative estimate of drug-likeness (QED) is 0.401. The van der Waals surface area contributed by atoms with Crippen LogP contribution in [0, 0.1) is 12.7 Å². The van der Waals surface area contributed by atoms with Crippen LogP contribution < -0.4 is 10.0 Å². The van der Waals surface area contributed by atoms with Crippen molar-refractivity contribution in [1.29, 1.82) is 0 Å². The van der Waals surface area contributed by atoms with E-state index in [9.17, 15) is 17.6 Å². The minimum absolute atomic E-state index is 0.00879. The lowest BCUT2D eigenvalue weighted by atomic mass is 10.2. The van der Waals surface area contributed by atoms with Crippen LogP contribution in [0.25, 0.3) is 5.69 Å². The van der Waals surface area contributed by atoms with Crippen molar-refractivity contribution >= 4 is 38.9 Å². The second kappa shape index (κ2) is 9.05. The molecular weight excluding hydrogens is 467 g/mol. The zero-order chi connectivity index (χ0) is 23.6. The molecular formula is C23H18ClFN4O3S. The van der Waals surface area contributed by atoms with Crippen molar-refractivity contribution in [2.75, 3.05) is 10.0 Å². The van der Waals surface area contributed by atoms with Gasteiger partial charge in [-0.15, -0.1) is 0 Å². The summed E-state index contributed by atoms with van der Waals surface area (Å²) in [5, 5.41) is 7.07. The molecule has 1 aromatic heterocycles. The number of aromatic nitrogens is 2. The lowest BCUT2D eigenvalue weighted by Gasteiger charge is -2.13. The van der Waals surface area contributed by atoms with Gasteiger partial charge in [0, 0.05) is 11.9 Å². The molecule has 0 fully saturated rings. The molecule has 0 radical (unpaired) electrons. The smallest absolute Gasteiger partial charge is 0.276 e. The highest BCUT2D eigenvalue weighted by molar-refractivity contribution is 7.92. The van der Waals surface area contributed by atoms with E-state index in [-0.39, 0.29) is 27.0 Å². The van der Waals surface area contributed by atoms with E-state index in [0.717, 1.165) is 0 Å². The number of nitrogens with zero attached hydrogens (tertiary/aromatic N) is 2. The highest BCUT2D eigenvalue weighted by Gasteiger charge is 2.20.